The third-order valence-electron chi connectivity index (χ3n) is 4.13. The molecule has 0 amide bonds. The summed E-state index contributed by atoms with van der Waals surface area (Å²) in [5.74, 6) is 0. The zero-order valence-corrected chi connectivity index (χ0v) is 13.2. The van der Waals surface area contributed by atoms with Crippen molar-refractivity contribution in [1.82, 2.24) is 0 Å². The van der Waals surface area contributed by atoms with E-state index in [1.54, 1.807) is 6.92 Å². The smallest absolute Gasteiger partial charge is 0.166 e. The minimum atomic E-state index is -3.32. The molecular formula is C13H26O4S. The van der Waals surface area contributed by atoms with Crippen molar-refractivity contribution in [2.75, 3.05) is 27.4 Å². The first-order chi connectivity index (χ1) is 8.08. The van der Waals surface area contributed by atoms with E-state index in [1.807, 2.05) is 20.8 Å². The lowest BCUT2D eigenvalue weighted by Gasteiger charge is -2.38. The highest BCUT2D eigenvalue weighted by molar-refractivity contribution is 7.94. The molecule has 1 fully saturated rings. The summed E-state index contributed by atoms with van der Waals surface area (Å²) in [6.45, 7) is 8.05. The molecule has 0 heterocycles. The number of ether oxygens (including phenoxy) is 2. The molecule has 0 saturated heterocycles. The van der Waals surface area contributed by atoms with Crippen LogP contribution in [0.3, 0.4) is 0 Å². The molecule has 0 aliphatic heterocycles. The van der Waals surface area contributed by atoms with Gasteiger partial charge in [0.1, 0.15) is 4.75 Å². The Kier molecular flexibility index (Phi) is 4.21. The summed E-state index contributed by atoms with van der Waals surface area (Å²) in [5, 5.41) is 0. The molecule has 0 N–H and O–H groups in total. The molecule has 108 valence electrons. The van der Waals surface area contributed by atoms with Gasteiger partial charge in [-0.3, -0.25) is 0 Å². The van der Waals surface area contributed by atoms with Gasteiger partial charge in [0, 0.05) is 14.2 Å². The van der Waals surface area contributed by atoms with E-state index in [-0.39, 0.29) is 18.6 Å². The lowest BCUT2D eigenvalue weighted by molar-refractivity contribution is 0.104. The van der Waals surface area contributed by atoms with E-state index in [9.17, 15) is 8.42 Å². The highest BCUT2D eigenvalue weighted by Gasteiger charge is 2.66. The molecule has 1 aliphatic rings. The fourth-order valence-corrected chi connectivity index (χ4v) is 5.75. The molecule has 4 nitrogen and oxygen atoms in total. The molecule has 0 unspecified atom stereocenters. The van der Waals surface area contributed by atoms with Gasteiger partial charge >= 0.3 is 0 Å². The summed E-state index contributed by atoms with van der Waals surface area (Å²) in [6.07, 6.45) is 1.48. The predicted octanol–water partition coefficient (Wildman–Crippen LogP) is 2.03. The van der Waals surface area contributed by atoms with E-state index >= 15 is 0 Å². The predicted molar refractivity (Wildman–Crippen MR) is 72.5 cm³/mol. The SMILES string of the molecule is COCC(C)(COC)S(=O)(=O)C1(C(C)(C)C)CC1. The maximum Gasteiger partial charge on any atom is 0.166 e. The highest BCUT2D eigenvalue weighted by Crippen LogP contribution is 2.58. The summed E-state index contributed by atoms with van der Waals surface area (Å²) in [5.41, 5.74) is -0.255. The van der Waals surface area contributed by atoms with Gasteiger partial charge in [0.25, 0.3) is 0 Å². The lowest BCUT2D eigenvalue weighted by atomic mass is 9.89. The maximum absolute atomic E-state index is 13.0. The number of sulfone groups is 1. The fraction of sp³-hybridized carbons (Fsp3) is 1.00. The molecular weight excluding hydrogens is 252 g/mol. The van der Waals surface area contributed by atoms with Crippen molar-refractivity contribution in [3.63, 3.8) is 0 Å². The van der Waals surface area contributed by atoms with Crippen molar-refractivity contribution in [1.29, 1.82) is 0 Å². The second kappa shape index (κ2) is 4.76. The first-order valence-corrected chi connectivity index (χ1v) is 7.78. The number of rotatable bonds is 6. The van der Waals surface area contributed by atoms with Gasteiger partial charge in [-0.05, 0) is 25.2 Å². The third-order valence-corrected chi connectivity index (χ3v) is 7.72. The Hall–Kier alpha value is -0.130. The van der Waals surface area contributed by atoms with Crippen LogP contribution in [0.5, 0.6) is 0 Å². The zero-order valence-electron chi connectivity index (χ0n) is 12.4. The Morgan fingerprint density at radius 1 is 1.00 bits per heavy atom. The van der Waals surface area contributed by atoms with Gasteiger partial charge in [0.2, 0.25) is 0 Å². The van der Waals surface area contributed by atoms with Gasteiger partial charge in [-0.2, -0.15) is 0 Å². The third kappa shape index (κ3) is 2.21. The average molecular weight is 278 g/mol. The lowest BCUT2D eigenvalue weighted by Crippen LogP contribution is -2.53. The first kappa shape index (κ1) is 15.9. The van der Waals surface area contributed by atoms with Crippen LogP contribution < -0.4 is 0 Å². The monoisotopic (exact) mass is 278 g/mol. The maximum atomic E-state index is 13.0. The van der Waals surface area contributed by atoms with Crippen LogP contribution in [0.1, 0.15) is 40.5 Å². The van der Waals surface area contributed by atoms with Crippen LogP contribution in [0.2, 0.25) is 0 Å². The largest absolute Gasteiger partial charge is 0.383 e. The van der Waals surface area contributed by atoms with Crippen LogP contribution in [-0.4, -0.2) is 45.3 Å². The van der Waals surface area contributed by atoms with E-state index in [1.165, 1.54) is 14.2 Å². The topological polar surface area (TPSA) is 52.6 Å². The molecule has 0 radical (unpaired) electrons. The molecule has 0 spiro atoms. The highest BCUT2D eigenvalue weighted by atomic mass is 32.2. The van der Waals surface area contributed by atoms with Crippen LogP contribution in [-0.2, 0) is 19.3 Å². The second-order valence-electron chi connectivity index (χ2n) is 6.56. The Morgan fingerprint density at radius 2 is 1.39 bits per heavy atom. The molecule has 0 atom stereocenters. The zero-order chi connectivity index (χ0) is 14.2. The molecule has 0 bridgehead atoms. The van der Waals surface area contributed by atoms with Crippen LogP contribution in [0.15, 0.2) is 0 Å². The first-order valence-electron chi connectivity index (χ1n) is 6.30. The number of methoxy groups -OCH3 is 2. The summed E-state index contributed by atoms with van der Waals surface area (Å²) < 4.78 is 34.7. The Bertz CT molecular complexity index is 382. The molecule has 5 heteroatoms. The van der Waals surface area contributed by atoms with Crippen LogP contribution in [0, 0.1) is 5.41 Å². The summed E-state index contributed by atoms with van der Waals surface area (Å²) in [6, 6.07) is 0. The van der Waals surface area contributed by atoms with Crippen LogP contribution in [0.4, 0.5) is 0 Å². The van der Waals surface area contributed by atoms with Gasteiger partial charge < -0.3 is 9.47 Å². The molecule has 18 heavy (non-hydrogen) atoms. The summed E-state index contributed by atoms with van der Waals surface area (Å²) in [4.78, 5) is 0. The van der Waals surface area contributed by atoms with Crippen LogP contribution in [0.25, 0.3) is 0 Å². The minimum absolute atomic E-state index is 0.168. The summed E-state index contributed by atoms with van der Waals surface area (Å²) in [7, 11) is -0.265. The van der Waals surface area contributed by atoms with Crippen molar-refractivity contribution < 1.29 is 17.9 Å². The molecule has 1 saturated carbocycles. The van der Waals surface area contributed by atoms with Gasteiger partial charge in [0.15, 0.2) is 9.84 Å². The quantitative estimate of drug-likeness (QED) is 0.746. The standard InChI is InChI=1S/C13H26O4S/c1-11(2,3)13(7-8-13)18(14,15)12(4,9-16-5)10-17-6/h7-10H2,1-6H3. The second-order valence-corrected chi connectivity index (χ2v) is 9.34. The van der Waals surface area contributed by atoms with E-state index < -0.39 is 19.3 Å². The molecule has 1 aliphatic carbocycles. The van der Waals surface area contributed by atoms with Crippen molar-refractivity contribution in [3.05, 3.63) is 0 Å². The van der Waals surface area contributed by atoms with E-state index in [0.29, 0.717) is 0 Å². The Labute approximate surface area is 111 Å². The van der Waals surface area contributed by atoms with Crippen LogP contribution >= 0.6 is 0 Å². The van der Waals surface area contributed by atoms with Crippen molar-refractivity contribution in [2.24, 2.45) is 5.41 Å². The average Bonchev–Trinajstić information content (AvgIpc) is 2.97. The molecule has 1 rings (SSSR count). The number of hydrogen-bond donors (Lipinski definition) is 0. The minimum Gasteiger partial charge on any atom is -0.383 e. The molecule has 0 aromatic carbocycles. The van der Waals surface area contributed by atoms with E-state index in [4.69, 9.17) is 9.47 Å². The Morgan fingerprint density at radius 3 is 1.61 bits per heavy atom. The Balaban J connectivity index is 3.20. The van der Waals surface area contributed by atoms with Crippen molar-refractivity contribution >= 4 is 9.84 Å². The molecule has 0 aromatic rings. The fourth-order valence-electron chi connectivity index (χ4n) is 2.81. The van der Waals surface area contributed by atoms with Gasteiger partial charge in [-0.25, -0.2) is 8.42 Å². The van der Waals surface area contributed by atoms with E-state index in [2.05, 4.69) is 0 Å². The van der Waals surface area contributed by atoms with Gasteiger partial charge in [-0.1, -0.05) is 20.8 Å². The van der Waals surface area contributed by atoms with Crippen molar-refractivity contribution in [2.45, 2.75) is 50.0 Å². The van der Waals surface area contributed by atoms with Crippen molar-refractivity contribution in [3.8, 4) is 0 Å². The van der Waals surface area contributed by atoms with E-state index in [0.717, 1.165) is 12.8 Å². The summed E-state index contributed by atoms with van der Waals surface area (Å²) >= 11 is 0. The van der Waals surface area contributed by atoms with Gasteiger partial charge in [-0.15, -0.1) is 0 Å². The number of hydrogen-bond acceptors (Lipinski definition) is 4. The molecule has 0 aromatic heterocycles. The normalized spacial score (nSPS) is 19.9. The van der Waals surface area contributed by atoms with Gasteiger partial charge in [0.05, 0.1) is 18.0 Å².